The molecule has 0 N–H and O–H groups in total. The predicted octanol–water partition coefficient (Wildman–Crippen LogP) is 14.1. The van der Waals surface area contributed by atoms with Crippen molar-refractivity contribution in [3.8, 4) is 40.2 Å². The molecule has 18 heteroatoms. The molecule has 2 fully saturated rings. The van der Waals surface area contributed by atoms with E-state index >= 15 is 0 Å². The zero-order chi connectivity index (χ0) is 63.6. The van der Waals surface area contributed by atoms with Crippen LogP contribution in [0, 0.1) is 23.7 Å². The van der Waals surface area contributed by atoms with Crippen molar-refractivity contribution in [2.24, 2.45) is 23.7 Å². The molecule has 2 aliphatic carbocycles. The Morgan fingerprint density at radius 1 is 0.363 bits per heavy atom. The van der Waals surface area contributed by atoms with E-state index in [9.17, 15) is 24.0 Å². The Bertz CT molecular complexity index is 3590. The predicted molar refractivity (Wildman–Crippen MR) is 346 cm³/mol. The maximum atomic E-state index is 13.9. The highest BCUT2D eigenvalue weighted by molar-refractivity contribution is 6.24. The summed E-state index contributed by atoms with van der Waals surface area (Å²) in [5.74, 6) is 2.67. The second-order valence-electron chi connectivity index (χ2n) is 22.9. The Balaban J connectivity index is 0.792. The van der Waals surface area contributed by atoms with Gasteiger partial charge in [0.05, 0.1) is 86.8 Å². The van der Waals surface area contributed by atoms with Crippen LogP contribution in [0.3, 0.4) is 0 Å². The zero-order valence-electron chi connectivity index (χ0n) is 51.8. The molecule has 0 atom stereocenters. The summed E-state index contributed by atoms with van der Waals surface area (Å²) in [5, 5.41) is 3.19. The van der Waals surface area contributed by atoms with Gasteiger partial charge in [0, 0.05) is 35.1 Å². The number of hydrogen-bond donors (Lipinski definition) is 0. The number of hydrogen-bond acceptors (Lipinski definition) is 18. The third kappa shape index (κ3) is 20.2. The molecule has 0 saturated heterocycles. The summed E-state index contributed by atoms with van der Waals surface area (Å²) in [6, 6.07) is 32.0. The number of ether oxygens (including phenoxy) is 11. The summed E-state index contributed by atoms with van der Waals surface area (Å²) in [6.07, 6.45) is 16.8. The number of fused-ring (bicyclic) bond motifs is 7. The number of benzene rings is 6. The quantitative estimate of drug-likeness (QED) is 0.00679. The molecule has 0 bridgehead atoms. The first-order valence-corrected chi connectivity index (χ1v) is 31.9. The Morgan fingerprint density at radius 3 is 1.19 bits per heavy atom. The minimum atomic E-state index is -0.513. The molecule has 0 aliphatic heterocycles. The fourth-order valence-electron chi connectivity index (χ4n) is 11.3. The van der Waals surface area contributed by atoms with Crippen LogP contribution in [0.15, 0.2) is 141 Å². The van der Waals surface area contributed by atoms with Crippen LogP contribution in [-0.2, 0) is 42.9 Å². The van der Waals surface area contributed by atoms with E-state index in [1.165, 1.54) is 12.2 Å². The normalized spacial score (nSPS) is 16.3. The highest BCUT2D eigenvalue weighted by Crippen LogP contribution is 2.40. The molecule has 1 aromatic heterocycles. The highest BCUT2D eigenvalue weighted by atomic mass is 16.6. The molecule has 2 saturated carbocycles. The van der Waals surface area contributed by atoms with E-state index in [0.717, 1.165) is 128 Å². The summed E-state index contributed by atoms with van der Waals surface area (Å²) in [5.41, 5.74) is 2.35. The summed E-state index contributed by atoms with van der Waals surface area (Å²) >= 11 is 0. The molecule has 0 spiro atoms. The van der Waals surface area contributed by atoms with Crippen molar-refractivity contribution in [3.63, 3.8) is 0 Å². The summed E-state index contributed by atoms with van der Waals surface area (Å²) < 4.78 is 63.2. The number of esters is 5. The molecule has 0 radical (unpaired) electrons. The third-order valence-electron chi connectivity index (χ3n) is 16.4. The maximum absolute atomic E-state index is 13.9. The molecular weight excluding hydrogens is 1160 g/mol. The van der Waals surface area contributed by atoms with Gasteiger partial charge in [0.25, 0.3) is 0 Å². The lowest BCUT2D eigenvalue weighted by molar-refractivity contribution is -0.141. The van der Waals surface area contributed by atoms with Crippen LogP contribution in [0.25, 0.3) is 43.6 Å². The number of rotatable bonds is 36. The van der Waals surface area contributed by atoms with E-state index in [-0.39, 0.29) is 50.2 Å². The van der Waals surface area contributed by atoms with Gasteiger partial charge in [0.1, 0.15) is 53.5 Å². The van der Waals surface area contributed by atoms with Gasteiger partial charge < -0.3 is 52.1 Å². The molecule has 6 aromatic carbocycles. The smallest absolute Gasteiger partial charge is 0.330 e. The minimum Gasteiger partial charge on any atom is -0.494 e. The molecule has 7 aromatic rings. The standard InChI is InChI=1S/C73H82N2O16/c1-4-67(76)85-39-13-9-7-11-37-82-54-23-27-56(28-24-54)88-48-50-15-19-52(20-16-50)72(79)90-59-31-34-61-62-35-32-60(46-64(62)71-70(63(61)45-59)74-65-36-33-58(47-66(65)75-71)84-43-41-81-42-44-87-69(78)6-3)91-73(80)53-21-17-51(18-22-53)49-89-57-29-25-55(26-30-57)83-38-12-8-10-14-40-86-68(77)5-2/h4-6,23-36,45-47,50-53H,1-3,7-22,37-44,48-49H2. The summed E-state index contributed by atoms with van der Waals surface area (Å²) in [6.45, 7) is 14.1. The Morgan fingerprint density at radius 2 is 0.736 bits per heavy atom. The van der Waals surface area contributed by atoms with Gasteiger partial charge in [0.2, 0.25) is 0 Å². The lowest BCUT2D eigenvalue weighted by Gasteiger charge is -2.27. The molecule has 9 rings (SSSR count). The monoisotopic (exact) mass is 1240 g/mol. The van der Waals surface area contributed by atoms with Crippen LogP contribution in [0.5, 0.6) is 40.2 Å². The van der Waals surface area contributed by atoms with Crippen molar-refractivity contribution < 1.29 is 76.1 Å². The number of carbonyl (C=O) groups excluding carboxylic acids is 5. The molecule has 18 nitrogen and oxygen atoms in total. The topological polar surface area (TPSA) is 213 Å². The van der Waals surface area contributed by atoms with Gasteiger partial charge >= 0.3 is 29.8 Å². The van der Waals surface area contributed by atoms with E-state index in [1.807, 2.05) is 103 Å². The van der Waals surface area contributed by atoms with Crippen molar-refractivity contribution >= 4 is 73.5 Å². The van der Waals surface area contributed by atoms with Crippen molar-refractivity contribution in [1.29, 1.82) is 0 Å². The van der Waals surface area contributed by atoms with E-state index in [1.54, 1.807) is 0 Å². The van der Waals surface area contributed by atoms with Gasteiger partial charge in [-0.1, -0.05) is 19.7 Å². The fraction of sp³-hybridized carbons (Fsp3) is 0.411. The summed E-state index contributed by atoms with van der Waals surface area (Å²) in [7, 11) is 0. The van der Waals surface area contributed by atoms with Crippen molar-refractivity contribution in [1.82, 2.24) is 9.97 Å². The molecule has 1 heterocycles. The number of carbonyl (C=O) groups is 5. The largest absolute Gasteiger partial charge is 0.494 e. The van der Waals surface area contributed by atoms with E-state index in [2.05, 4.69) is 19.7 Å². The first-order valence-electron chi connectivity index (χ1n) is 31.9. The Kier molecular flexibility index (Phi) is 25.4. The lowest BCUT2D eigenvalue weighted by atomic mass is 9.82. The van der Waals surface area contributed by atoms with Crippen LogP contribution in [0.2, 0.25) is 0 Å². The van der Waals surface area contributed by atoms with Gasteiger partial charge in [-0.2, -0.15) is 0 Å². The maximum Gasteiger partial charge on any atom is 0.330 e. The molecule has 91 heavy (non-hydrogen) atoms. The second kappa shape index (κ2) is 34.8. The fourth-order valence-corrected chi connectivity index (χ4v) is 11.3. The molecule has 480 valence electrons. The zero-order valence-corrected chi connectivity index (χ0v) is 51.8. The first-order chi connectivity index (χ1) is 44.5. The third-order valence-corrected chi connectivity index (χ3v) is 16.4. The molecular formula is C73H82N2O16. The molecule has 2 aliphatic rings. The second-order valence-corrected chi connectivity index (χ2v) is 22.9. The SMILES string of the molecule is C=CC(=O)OCCCCCCOc1ccc(OCC2CCC(C(=O)Oc3ccc4c5ccc(OC(=O)C6CCC(COc7ccc(OCCCCCCOC(=O)C=C)cc7)CC6)cc5c5nc6cc(OCCOCCOC(=O)C=C)ccc6nc5c4c3)CC2)cc1. The van der Waals surface area contributed by atoms with Crippen LogP contribution < -0.4 is 33.2 Å². The molecule has 0 amide bonds. The van der Waals surface area contributed by atoms with Gasteiger partial charge in [0.15, 0.2) is 0 Å². The van der Waals surface area contributed by atoms with E-state index in [4.69, 9.17) is 62.1 Å². The first kappa shape index (κ1) is 66.4. The molecule has 0 unspecified atom stereocenters. The van der Waals surface area contributed by atoms with Gasteiger partial charge in [-0.05, 0) is 222 Å². The van der Waals surface area contributed by atoms with Crippen LogP contribution in [-0.4, -0.2) is 106 Å². The number of unbranched alkanes of at least 4 members (excludes halogenated alkanes) is 6. The van der Waals surface area contributed by atoms with Gasteiger partial charge in [-0.25, -0.2) is 24.4 Å². The average molecular weight is 1240 g/mol. The average Bonchev–Trinajstić information content (AvgIpc) is 0.794. The van der Waals surface area contributed by atoms with E-state index in [0.29, 0.717) is 116 Å². The Hall–Kier alpha value is -9.03. The van der Waals surface area contributed by atoms with Crippen molar-refractivity contribution in [3.05, 3.63) is 141 Å². The van der Waals surface area contributed by atoms with Crippen molar-refractivity contribution in [2.75, 3.05) is 66.1 Å². The van der Waals surface area contributed by atoms with Gasteiger partial charge in [-0.15, -0.1) is 0 Å². The van der Waals surface area contributed by atoms with E-state index < -0.39 is 17.9 Å². The highest BCUT2D eigenvalue weighted by Gasteiger charge is 2.30. The van der Waals surface area contributed by atoms with Crippen LogP contribution >= 0.6 is 0 Å². The Labute approximate surface area is 531 Å². The van der Waals surface area contributed by atoms with Crippen molar-refractivity contribution in [2.45, 2.75) is 103 Å². The van der Waals surface area contributed by atoms with Gasteiger partial charge in [-0.3, -0.25) is 9.59 Å². The van der Waals surface area contributed by atoms with Crippen LogP contribution in [0.4, 0.5) is 0 Å². The number of aromatic nitrogens is 2. The van der Waals surface area contributed by atoms with Crippen LogP contribution in [0.1, 0.15) is 103 Å². The lowest BCUT2D eigenvalue weighted by Crippen LogP contribution is -2.27. The minimum absolute atomic E-state index is 0.102. The summed E-state index contributed by atoms with van der Waals surface area (Å²) in [4.78, 5) is 71.9. The number of nitrogens with zero attached hydrogens (tertiary/aromatic N) is 2.